The van der Waals surface area contributed by atoms with Gasteiger partial charge in [0, 0.05) is 16.0 Å². The lowest BCUT2D eigenvalue weighted by Gasteiger charge is -2.41. The van der Waals surface area contributed by atoms with Gasteiger partial charge in [-0.05, 0) is 25.0 Å². The van der Waals surface area contributed by atoms with E-state index in [1.54, 1.807) is 0 Å². The second-order valence-corrected chi connectivity index (χ2v) is 7.11. The van der Waals surface area contributed by atoms with Crippen molar-refractivity contribution in [2.75, 3.05) is 0 Å². The number of hydrogen-bond acceptors (Lipinski definition) is 0. The zero-order chi connectivity index (χ0) is 13.4. The number of alkyl halides is 2. The number of halogens is 4. The molecule has 4 heteroatoms. The average Bonchev–Trinajstić information content (AvgIpc) is 2.36. The fourth-order valence-corrected chi connectivity index (χ4v) is 3.26. The Morgan fingerprint density at radius 2 is 1.33 bits per heavy atom. The average molecular weight is 324 g/mol. The molecular formula is C14H14Cl4. The number of allylic oxidation sites excluding steroid dienone is 8. The summed E-state index contributed by atoms with van der Waals surface area (Å²) in [6, 6.07) is 0. The summed E-state index contributed by atoms with van der Waals surface area (Å²) in [5.41, 5.74) is 0. The molecule has 0 heterocycles. The normalized spacial score (nSPS) is 37.2. The molecule has 2 unspecified atom stereocenters. The van der Waals surface area contributed by atoms with E-state index in [0.717, 1.165) is 10.1 Å². The predicted octanol–water partition coefficient (Wildman–Crippen LogP) is 5.74. The molecule has 0 fully saturated rings. The molecule has 0 amide bonds. The third kappa shape index (κ3) is 2.82. The second kappa shape index (κ2) is 5.25. The first-order valence-electron chi connectivity index (χ1n) is 5.83. The van der Waals surface area contributed by atoms with Gasteiger partial charge in [-0.2, -0.15) is 0 Å². The fraction of sp³-hybridized carbons (Fsp3) is 0.429. The maximum Gasteiger partial charge on any atom is 0.0709 e. The third-order valence-electron chi connectivity index (χ3n) is 3.70. The number of hydrogen-bond donors (Lipinski definition) is 0. The minimum Gasteiger partial charge on any atom is -0.114 e. The highest BCUT2D eigenvalue weighted by Gasteiger charge is 2.44. The molecule has 0 aromatic carbocycles. The molecule has 0 aromatic rings. The first-order chi connectivity index (χ1) is 8.36. The molecule has 98 valence electrons. The maximum absolute atomic E-state index is 6.69. The largest absolute Gasteiger partial charge is 0.114 e. The van der Waals surface area contributed by atoms with E-state index >= 15 is 0 Å². The number of rotatable bonds is 2. The molecule has 0 nitrogen and oxygen atoms in total. The van der Waals surface area contributed by atoms with E-state index in [1.807, 2.05) is 36.5 Å². The molecular weight excluding hydrogens is 310 g/mol. The predicted molar refractivity (Wildman–Crippen MR) is 81.7 cm³/mol. The molecule has 18 heavy (non-hydrogen) atoms. The summed E-state index contributed by atoms with van der Waals surface area (Å²) in [7, 11) is 0. The van der Waals surface area contributed by atoms with Crippen LogP contribution in [-0.2, 0) is 0 Å². The molecule has 2 atom stereocenters. The Balaban J connectivity index is 2.20. The van der Waals surface area contributed by atoms with Crippen LogP contribution < -0.4 is 0 Å². The van der Waals surface area contributed by atoms with Crippen LogP contribution in [0.1, 0.15) is 19.8 Å². The first kappa shape index (κ1) is 14.5. The quantitative estimate of drug-likeness (QED) is 0.568. The Bertz CT molecular complexity index is 418. The molecule has 0 bridgehead atoms. The lowest BCUT2D eigenvalue weighted by Crippen LogP contribution is -2.42. The van der Waals surface area contributed by atoms with Crippen molar-refractivity contribution in [3.63, 3.8) is 0 Å². The molecule has 0 saturated carbocycles. The lowest BCUT2D eigenvalue weighted by molar-refractivity contribution is 0.380. The van der Waals surface area contributed by atoms with Crippen molar-refractivity contribution < 1.29 is 0 Å². The molecule has 2 rings (SSSR count). The van der Waals surface area contributed by atoms with Gasteiger partial charge < -0.3 is 0 Å². The zero-order valence-corrected chi connectivity index (χ0v) is 13.0. The summed E-state index contributed by atoms with van der Waals surface area (Å²) >= 11 is 25.2. The Labute approximate surface area is 128 Å². The SMILES string of the molecule is CC(C1(Cl)C=CC(Cl)=CC1)C1(Cl)C=CC(Cl)=CC1. The van der Waals surface area contributed by atoms with Gasteiger partial charge in [0.1, 0.15) is 0 Å². The van der Waals surface area contributed by atoms with Gasteiger partial charge >= 0.3 is 0 Å². The standard InChI is InChI=1S/C14H14Cl4/c1-10(13(17)6-2-11(15)3-7-13)14(18)8-4-12(16)5-9-14/h2-6,8,10H,7,9H2,1H3. The topological polar surface area (TPSA) is 0 Å². The van der Waals surface area contributed by atoms with Crippen LogP contribution in [0, 0.1) is 5.92 Å². The fourth-order valence-electron chi connectivity index (χ4n) is 2.26. The van der Waals surface area contributed by atoms with Crippen LogP contribution in [0.25, 0.3) is 0 Å². The van der Waals surface area contributed by atoms with Crippen molar-refractivity contribution in [3.05, 3.63) is 46.5 Å². The van der Waals surface area contributed by atoms with Crippen molar-refractivity contribution in [2.24, 2.45) is 5.92 Å². The lowest BCUT2D eigenvalue weighted by atomic mass is 9.76. The van der Waals surface area contributed by atoms with E-state index in [4.69, 9.17) is 46.4 Å². The summed E-state index contributed by atoms with van der Waals surface area (Å²) in [5, 5.41) is 1.45. The van der Waals surface area contributed by atoms with Gasteiger partial charge in [-0.25, -0.2) is 0 Å². The molecule has 0 aromatic heterocycles. The van der Waals surface area contributed by atoms with Crippen LogP contribution in [0.3, 0.4) is 0 Å². The van der Waals surface area contributed by atoms with Crippen LogP contribution in [0.4, 0.5) is 0 Å². The molecule has 0 saturated heterocycles. The highest BCUT2D eigenvalue weighted by molar-refractivity contribution is 6.33. The smallest absolute Gasteiger partial charge is 0.0709 e. The summed E-state index contributed by atoms with van der Waals surface area (Å²) in [5.74, 6) is 0.0582. The summed E-state index contributed by atoms with van der Waals surface area (Å²) in [6.07, 6.45) is 12.8. The van der Waals surface area contributed by atoms with Crippen LogP contribution in [0.15, 0.2) is 46.5 Å². The molecule has 0 N–H and O–H groups in total. The van der Waals surface area contributed by atoms with E-state index in [-0.39, 0.29) is 5.92 Å². The summed E-state index contributed by atoms with van der Waals surface area (Å²) in [6.45, 7) is 2.06. The maximum atomic E-state index is 6.69. The van der Waals surface area contributed by atoms with Gasteiger partial charge in [0.25, 0.3) is 0 Å². The van der Waals surface area contributed by atoms with E-state index in [9.17, 15) is 0 Å². The zero-order valence-electron chi connectivity index (χ0n) is 9.97. The van der Waals surface area contributed by atoms with Crippen molar-refractivity contribution in [1.82, 2.24) is 0 Å². The van der Waals surface area contributed by atoms with E-state index < -0.39 is 9.75 Å². The highest BCUT2D eigenvalue weighted by Crippen LogP contribution is 2.47. The Morgan fingerprint density at radius 1 is 0.944 bits per heavy atom. The van der Waals surface area contributed by atoms with E-state index in [1.165, 1.54) is 0 Å². The minimum atomic E-state index is -0.498. The summed E-state index contributed by atoms with van der Waals surface area (Å²) < 4.78 is 0. The van der Waals surface area contributed by atoms with Crippen molar-refractivity contribution in [3.8, 4) is 0 Å². The van der Waals surface area contributed by atoms with Crippen LogP contribution >= 0.6 is 46.4 Å². The van der Waals surface area contributed by atoms with Gasteiger partial charge in [-0.1, -0.05) is 54.4 Å². The Hall–Kier alpha value is 0.120. The Kier molecular flexibility index (Phi) is 4.23. The van der Waals surface area contributed by atoms with Crippen molar-refractivity contribution in [2.45, 2.75) is 29.5 Å². The van der Waals surface area contributed by atoms with E-state index in [0.29, 0.717) is 12.8 Å². The van der Waals surface area contributed by atoms with E-state index in [2.05, 4.69) is 6.92 Å². The highest BCUT2D eigenvalue weighted by atomic mass is 35.5. The van der Waals surface area contributed by atoms with Crippen LogP contribution in [-0.4, -0.2) is 9.75 Å². The van der Waals surface area contributed by atoms with Crippen molar-refractivity contribution >= 4 is 46.4 Å². The molecule has 2 aliphatic carbocycles. The molecule has 2 aliphatic rings. The van der Waals surface area contributed by atoms with Gasteiger partial charge in [-0.15, -0.1) is 23.2 Å². The molecule has 0 radical (unpaired) electrons. The molecule has 0 spiro atoms. The summed E-state index contributed by atoms with van der Waals surface area (Å²) in [4.78, 5) is -0.996. The minimum absolute atomic E-state index is 0.0582. The first-order valence-corrected chi connectivity index (χ1v) is 7.34. The van der Waals surface area contributed by atoms with Gasteiger partial charge in [0.2, 0.25) is 0 Å². The monoisotopic (exact) mass is 322 g/mol. The van der Waals surface area contributed by atoms with Gasteiger partial charge in [0.05, 0.1) is 9.75 Å². The van der Waals surface area contributed by atoms with Crippen LogP contribution in [0.2, 0.25) is 0 Å². The Morgan fingerprint density at radius 3 is 1.61 bits per heavy atom. The third-order valence-corrected chi connectivity index (χ3v) is 5.47. The van der Waals surface area contributed by atoms with Gasteiger partial charge in [0.15, 0.2) is 0 Å². The van der Waals surface area contributed by atoms with Gasteiger partial charge in [-0.3, -0.25) is 0 Å². The molecule has 0 aliphatic heterocycles. The second-order valence-electron chi connectivity index (χ2n) is 4.83. The van der Waals surface area contributed by atoms with Crippen LogP contribution in [0.5, 0.6) is 0 Å². The van der Waals surface area contributed by atoms with Crippen molar-refractivity contribution in [1.29, 1.82) is 0 Å².